The zero-order valence-corrected chi connectivity index (χ0v) is 27.2. The number of sulfone groups is 1. The van der Waals surface area contributed by atoms with Crippen LogP contribution in [-0.4, -0.2) is 73.4 Å². The molecule has 13 heteroatoms. The van der Waals surface area contributed by atoms with Gasteiger partial charge in [-0.15, -0.1) is 0 Å². The summed E-state index contributed by atoms with van der Waals surface area (Å²) >= 11 is 0. The van der Waals surface area contributed by atoms with Crippen molar-refractivity contribution in [1.29, 1.82) is 0 Å². The standard InChI is InChI=1S/C34H44F7NO4S/c35-26-14-12-25(13-15-26)27-10-5-11-30-29(16-17-31(44)32(30)36)28(27)9-3-1-2-4-19-42(20-7-22-43)21-8-24-47(45,46)23-6-18-33(37,38)34(39,40)41/h12-17,43-44H,1-11,18-24H2. The first-order valence-electron chi connectivity index (χ1n) is 16.1. The molecule has 5 nitrogen and oxygen atoms in total. The number of phenols is 1. The van der Waals surface area contributed by atoms with E-state index in [0.717, 1.165) is 48.0 Å². The van der Waals surface area contributed by atoms with Gasteiger partial charge in [0.15, 0.2) is 11.6 Å². The molecule has 0 saturated heterocycles. The Labute approximate surface area is 272 Å². The Morgan fingerprint density at radius 2 is 1.40 bits per heavy atom. The minimum absolute atomic E-state index is 0.0481. The Morgan fingerprint density at radius 3 is 2.09 bits per heavy atom. The molecule has 0 unspecified atom stereocenters. The number of aliphatic hydroxyl groups is 1. The van der Waals surface area contributed by atoms with Gasteiger partial charge in [0.2, 0.25) is 0 Å². The van der Waals surface area contributed by atoms with E-state index >= 15 is 0 Å². The third-order valence-corrected chi connectivity index (χ3v) is 10.4. The largest absolute Gasteiger partial charge is 0.505 e. The van der Waals surface area contributed by atoms with Crippen molar-refractivity contribution in [1.82, 2.24) is 4.90 Å². The van der Waals surface area contributed by atoms with Gasteiger partial charge >= 0.3 is 12.1 Å². The second-order valence-electron chi connectivity index (χ2n) is 12.1. The number of hydrogen-bond donors (Lipinski definition) is 2. The van der Waals surface area contributed by atoms with Crippen molar-refractivity contribution in [3.63, 3.8) is 0 Å². The summed E-state index contributed by atoms with van der Waals surface area (Å²) in [6.45, 7) is 1.49. The lowest BCUT2D eigenvalue weighted by Crippen LogP contribution is -2.36. The molecule has 0 saturated carbocycles. The summed E-state index contributed by atoms with van der Waals surface area (Å²) in [6.07, 6.45) is -1.62. The molecule has 0 spiro atoms. The zero-order valence-electron chi connectivity index (χ0n) is 26.4. The second-order valence-corrected chi connectivity index (χ2v) is 14.4. The topological polar surface area (TPSA) is 77.8 Å². The van der Waals surface area contributed by atoms with Crippen LogP contribution in [0.15, 0.2) is 36.4 Å². The van der Waals surface area contributed by atoms with E-state index < -0.39 is 46.3 Å². The van der Waals surface area contributed by atoms with Crippen LogP contribution in [0.1, 0.15) is 87.3 Å². The Hall–Kier alpha value is -2.64. The molecule has 0 fully saturated rings. The number of rotatable bonds is 19. The van der Waals surface area contributed by atoms with E-state index in [9.17, 15) is 49.4 Å². The van der Waals surface area contributed by atoms with Crippen LogP contribution in [-0.2, 0) is 16.3 Å². The molecular formula is C34H44F7NO4S. The minimum atomic E-state index is -5.71. The number of halogens is 7. The summed E-state index contributed by atoms with van der Waals surface area (Å²) in [7, 11) is -3.80. The molecule has 0 aromatic heterocycles. The van der Waals surface area contributed by atoms with E-state index in [1.807, 2.05) is 4.90 Å². The van der Waals surface area contributed by atoms with Crippen molar-refractivity contribution in [2.24, 2.45) is 0 Å². The molecule has 1 aliphatic rings. The third kappa shape index (κ3) is 11.8. The highest BCUT2D eigenvalue weighted by molar-refractivity contribution is 7.91. The van der Waals surface area contributed by atoms with E-state index in [4.69, 9.17) is 0 Å². The van der Waals surface area contributed by atoms with Crippen LogP contribution in [0.25, 0.3) is 11.1 Å². The maximum atomic E-state index is 14.9. The van der Waals surface area contributed by atoms with Gasteiger partial charge in [-0.3, -0.25) is 0 Å². The SMILES string of the molecule is O=S(=O)(CCCN(CCCO)CCCCCCC1=C(c2ccc(F)cc2)CCCc2c1ccc(O)c2F)CCCC(F)(F)C(F)(F)F. The number of alkyl halides is 5. The van der Waals surface area contributed by atoms with Crippen LogP contribution in [0.3, 0.4) is 0 Å². The van der Waals surface area contributed by atoms with E-state index in [0.29, 0.717) is 57.3 Å². The Morgan fingerprint density at radius 1 is 0.766 bits per heavy atom. The number of aromatic hydroxyl groups is 1. The molecule has 0 radical (unpaired) electrons. The number of nitrogens with zero attached hydrogens (tertiary/aromatic N) is 1. The number of unbranched alkanes of at least 4 members (excludes halogenated alkanes) is 3. The number of hydrogen-bond acceptors (Lipinski definition) is 5. The fraction of sp³-hybridized carbons (Fsp3) is 0.588. The maximum Gasteiger partial charge on any atom is 0.453 e. The van der Waals surface area contributed by atoms with Crippen molar-refractivity contribution in [3.05, 3.63) is 64.7 Å². The quantitative estimate of drug-likeness (QED) is 0.114. The molecule has 2 N–H and O–H groups in total. The minimum Gasteiger partial charge on any atom is -0.505 e. The van der Waals surface area contributed by atoms with Crippen LogP contribution in [0.2, 0.25) is 0 Å². The molecule has 3 rings (SSSR count). The van der Waals surface area contributed by atoms with Gasteiger partial charge in [0, 0.05) is 19.6 Å². The number of fused-ring (bicyclic) bond motifs is 1. The third-order valence-electron chi connectivity index (χ3n) is 8.53. The molecule has 0 atom stereocenters. The fourth-order valence-electron chi connectivity index (χ4n) is 6.03. The summed E-state index contributed by atoms with van der Waals surface area (Å²) in [5.41, 5.74) is 4.14. The highest BCUT2D eigenvalue weighted by Crippen LogP contribution is 2.41. The number of allylic oxidation sites excluding steroid dienone is 2. The van der Waals surface area contributed by atoms with Gasteiger partial charge in [0.05, 0.1) is 11.5 Å². The van der Waals surface area contributed by atoms with E-state index in [2.05, 4.69) is 0 Å². The molecule has 0 bridgehead atoms. The number of benzene rings is 2. The summed E-state index contributed by atoms with van der Waals surface area (Å²) in [5, 5.41) is 19.2. The van der Waals surface area contributed by atoms with Crippen molar-refractivity contribution in [3.8, 4) is 5.75 Å². The summed E-state index contributed by atoms with van der Waals surface area (Å²) in [6, 6.07) is 9.37. The van der Waals surface area contributed by atoms with Gasteiger partial charge in [-0.05, 0) is 117 Å². The van der Waals surface area contributed by atoms with Crippen LogP contribution >= 0.6 is 0 Å². The zero-order chi connectivity index (χ0) is 34.7. The van der Waals surface area contributed by atoms with Crippen LogP contribution in [0, 0.1) is 11.6 Å². The summed E-state index contributed by atoms with van der Waals surface area (Å²) in [5.74, 6) is -7.34. The van der Waals surface area contributed by atoms with Crippen molar-refractivity contribution in [2.45, 2.75) is 89.1 Å². The van der Waals surface area contributed by atoms with Crippen LogP contribution in [0.5, 0.6) is 5.75 Å². The lowest BCUT2D eigenvalue weighted by Gasteiger charge is -2.22. The fourth-order valence-corrected chi connectivity index (χ4v) is 7.39. The van der Waals surface area contributed by atoms with Crippen molar-refractivity contribution in [2.75, 3.05) is 37.7 Å². The Bertz CT molecular complexity index is 1430. The first-order valence-corrected chi connectivity index (χ1v) is 17.9. The molecule has 47 heavy (non-hydrogen) atoms. The van der Waals surface area contributed by atoms with Crippen LogP contribution in [0.4, 0.5) is 30.7 Å². The summed E-state index contributed by atoms with van der Waals surface area (Å²) in [4.78, 5) is 2.01. The van der Waals surface area contributed by atoms with Gasteiger partial charge in [-0.25, -0.2) is 17.2 Å². The monoisotopic (exact) mass is 695 g/mol. The smallest absolute Gasteiger partial charge is 0.453 e. The molecule has 0 heterocycles. The van der Waals surface area contributed by atoms with Gasteiger partial charge in [-0.1, -0.05) is 31.0 Å². The van der Waals surface area contributed by atoms with E-state index in [1.165, 1.54) is 18.2 Å². The van der Waals surface area contributed by atoms with Crippen molar-refractivity contribution < 1.29 is 49.4 Å². The molecule has 0 amide bonds. The Kier molecular flexibility index (Phi) is 14.6. The average molecular weight is 696 g/mol. The summed E-state index contributed by atoms with van der Waals surface area (Å²) < 4.78 is 116. The first kappa shape index (κ1) is 38.8. The molecular weight excluding hydrogens is 651 g/mol. The van der Waals surface area contributed by atoms with E-state index in [-0.39, 0.29) is 30.3 Å². The highest BCUT2D eigenvalue weighted by atomic mass is 32.2. The van der Waals surface area contributed by atoms with Gasteiger partial charge in [-0.2, -0.15) is 22.0 Å². The predicted octanol–water partition coefficient (Wildman–Crippen LogP) is 8.34. The average Bonchev–Trinajstić information content (AvgIpc) is 3.18. The normalized spacial score (nSPS) is 14.5. The first-order chi connectivity index (χ1) is 22.1. The van der Waals surface area contributed by atoms with E-state index in [1.54, 1.807) is 18.2 Å². The Balaban J connectivity index is 1.52. The second kappa shape index (κ2) is 17.7. The number of phenolic OH excluding ortho intramolecular Hbond substituents is 1. The van der Waals surface area contributed by atoms with Crippen LogP contribution < -0.4 is 0 Å². The van der Waals surface area contributed by atoms with Gasteiger partial charge in [0.1, 0.15) is 15.7 Å². The maximum absolute atomic E-state index is 14.9. The lowest BCUT2D eigenvalue weighted by molar-refractivity contribution is -0.284. The van der Waals surface area contributed by atoms with Gasteiger partial charge < -0.3 is 15.1 Å². The number of aliphatic hydroxyl groups excluding tert-OH is 1. The lowest BCUT2D eigenvalue weighted by atomic mass is 9.89. The molecule has 2 aromatic rings. The highest BCUT2D eigenvalue weighted by Gasteiger charge is 2.56. The molecule has 2 aromatic carbocycles. The van der Waals surface area contributed by atoms with Crippen molar-refractivity contribution >= 4 is 21.0 Å². The molecule has 1 aliphatic carbocycles. The van der Waals surface area contributed by atoms with Gasteiger partial charge in [0.25, 0.3) is 0 Å². The molecule has 264 valence electrons. The molecule has 0 aliphatic heterocycles. The predicted molar refractivity (Wildman–Crippen MR) is 169 cm³/mol.